The van der Waals surface area contributed by atoms with E-state index < -0.39 is 23.2 Å². The van der Waals surface area contributed by atoms with Gasteiger partial charge in [-0.1, -0.05) is 13.0 Å². The normalized spacial score (nSPS) is 26.9. The summed E-state index contributed by atoms with van der Waals surface area (Å²) in [6, 6.07) is 4.35. The molecule has 0 aromatic heterocycles. The molecule has 1 aliphatic heterocycles. The first-order valence-electron chi connectivity index (χ1n) is 6.30. The standard InChI is InChI=1S/C14H16F3NO2/c1-9-7-18(8-13(9,2)20)12(19)10-4-3-5-11(6-10)14(15,16)17/h3-6,9,20H,7-8H2,1-2H3/t9-,13+/m1/s1. The fraction of sp³-hybridized carbons (Fsp3) is 0.500. The van der Waals surface area contributed by atoms with Gasteiger partial charge in [0.05, 0.1) is 11.2 Å². The molecule has 1 heterocycles. The quantitative estimate of drug-likeness (QED) is 0.862. The lowest BCUT2D eigenvalue weighted by Gasteiger charge is -2.20. The van der Waals surface area contributed by atoms with Crippen LogP contribution in [0.2, 0.25) is 0 Å². The second-order valence-electron chi connectivity index (χ2n) is 5.52. The van der Waals surface area contributed by atoms with E-state index in [-0.39, 0.29) is 18.0 Å². The summed E-state index contributed by atoms with van der Waals surface area (Å²) in [5.74, 6) is -0.599. The Morgan fingerprint density at radius 1 is 1.45 bits per heavy atom. The SMILES string of the molecule is C[C@@H]1CN(C(=O)c2cccc(C(F)(F)F)c2)C[C@]1(C)O. The molecule has 1 fully saturated rings. The van der Waals surface area contributed by atoms with Gasteiger partial charge in [0.1, 0.15) is 0 Å². The van der Waals surface area contributed by atoms with Crippen LogP contribution in [0.3, 0.4) is 0 Å². The molecule has 0 bridgehead atoms. The zero-order valence-electron chi connectivity index (χ0n) is 11.2. The van der Waals surface area contributed by atoms with Crippen LogP contribution >= 0.6 is 0 Å². The third-order valence-corrected chi connectivity index (χ3v) is 3.79. The number of amides is 1. The molecule has 6 heteroatoms. The van der Waals surface area contributed by atoms with Crippen LogP contribution < -0.4 is 0 Å². The van der Waals surface area contributed by atoms with Crippen molar-refractivity contribution < 1.29 is 23.1 Å². The van der Waals surface area contributed by atoms with E-state index in [1.165, 1.54) is 17.0 Å². The van der Waals surface area contributed by atoms with E-state index in [1.54, 1.807) is 13.8 Å². The summed E-state index contributed by atoms with van der Waals surface area (Å²) in [6.07, 6.45) is -4.47. The lowest BCUT2D eigenvalue weighted by atomic mass is 9.95. The summed E-state index contributed by atoms with van der Waals surface area (Å²) in [5, 5.41) is 10.0. The Labute approximate surface area is 115 Å². The Hall–Kier alpha value is -1.56. The summed E-state index contributed by atoms with van der Waals surface area (Å²) in [5.41, 5.74) is -1.86. The van der Waals surface area contributed by atoms with Crippen molar-refractivity contribution in [2.75, 3.05) is 13.1 Å². The highest BCUT2D eigenvalue weighted by molar-refractivity contribution is 5.94. The molecule has 110 valence electrons. The Balaban J connectivity index is 2.23. The summed E-state index contributed by atoms with van der Waals surface area (Å²) in [6.45, 7) is 3.89. The van der Waals surface area contributed by atoms with Gasteiger partial charge < -0.3 is 10.0 Å². The van der Waals surface area contributed by atoms with Crippen LogP contribution in [-0.2, 0) is 6.18 Å². The molecule has 20 heavy (non-hydrogen) atoms. The van der Waals surface area contributed by atoms with Crippen LogP contribution in [0.4, 0.5) is 13.2 Å². The highest BCUT2D eigenvalue weighted by Gasteiger charge is 2.41. The number of carbonyl (C=O) groups excluding carboxylic acids is 1. The van der Waals surface area contributed by atoms with Crippen LogP contribution in [0.15, 0.2) is 24.3 Å². The van der Waals surface area contributed by atoms with Crippen LogP contribution in [-0.4, -0.2) is 34.6 Å². The molecule has 1 amide bonds. The smallest absolute Gasteiger partial charge is 0.388 e. The van der Waals surface area contributed by atoms with E-state index in [9.17, 15) is 23.1 Å². The van der Waals surface area contributed by atoms with Crippen LogP contribution in [0.5, 0.6) is 0 Å². The van der Waals surface area contributed by atoms with Crippen molar-refractivity contribution in [3.63, 3.8) is 0 Å². The minimum absolute atomic E-state index is 0.00951. The van der Waals surface area contributed by atoms with E-state index in [2.05, 4.69) is 0 Å². The van der Waals surface area contributed by atoms with Gasteiger partial charge in [0.15, 0.2) is 0 Å². The van der Waals surface area contributed by atoms with E-state index in [4.69, 9.17) is 0 Å². The van der Waals surface area contributed by atoms with Gasteiger partial charge in [-0.05, 0) is 25.1 Å². The van der Waals surface area contributed by atoms with E-state index in [0.717, 1.165) is 12.1 Å². The highest BCUT2D eigenvalue weighted by atomic mass is 19.4. The Kier molecular flexibility index (Phi) is 3.54. The van der Waals surface area contributed by atoms with Crippen molar-refractivity contribution in [2.45, 2.75) is 25.6 Å². The van der Waals surface area contributed by atoms with Gasteiger partial charge in [-0.2, -0.15) is 13.2 Å². The molecule has 3 nitrogen and oxygen atoms in total. The van der Waals surface area contributed by atoms with Crippen molar-refractivity contribution in [2.24, 2.45) is 5.92 Å². The van der Waals surface area contributed by atoms with Crippen molar-refractivity contribution in [3.8, 4) is 0 Å². The highest BCUT2D eigenvalue weighted by Crippen LogP contribution is 2.31. The lowest BCUT2D eigenvalue weighted by Crippen LogP contribution is -2.35. The topological polar surface area (TPSA) is 40.5 Å². The van der Waals surface area contributed by atoms with E-state index >= 15 is 0 Å². The number of nitrogens with zero attached hydrogens (tertiary/aromatic N) is 1. The van der Waals surface area contributed by atoms with Gasteiger partial charge in [0, 0.05) is 24.6 Å². The van der Waals surface area contributed by atoms with Crippen LogP contribution in [0.1, 0.15) is 29.8 Å². The molecular weight excluding hydrogens is 271 g/mol. The van der Waals surface area contributed by atoms with Gasteiger partial charge in [-0.15, -0.1) is 0 Å². The fourth-order valence-corrected chi connectivity index (χ4v) is 2.30. The predicted octanol–water partition coefficient (Wildman–Crippen LogP) is 2.55. The molecule has 0 spiro atoms. The fourth-order valence-electron chi connectivity index (χ4n) is 2.30. The number of likely N-dealkylation sites (tertiary alicyclic amines) is 1. The molecule has 0 aliphatic carbocycles. The maximum absolute atomic E-state index is 12.6. The molecule has 1 aromatic carbocycles. The average molecular weight is 287 g/mol. The number of β-amino-alcohol motifs (C(OH)–C–C–N with tert-alkyl or cyclic N) is 1. The zero-order chi connectivity index (χ0) is 15.1. The zero-order valence-corrected chi connectivity index (χ0v) is 11.2. The summed E-state index contributed by atoms with van der Waals surface area (Å²) < 4.78 is 37.9. The number of hydrogen-bond donors (Lipinski definition) is 1. The summed E-state index contributed by atoms with van der Waals surface area (Å²) in [4.78, 5) is 13.6. The monoisotopic (exact) mass is 287 g/mol. The summed E-state index contributed by atoms with van der Waals surface area (Å²) in [7, 11) is 0. The third kappa shape index (κ3) is 2.80. The van der Waals surface area contributed by atoms with Crippen LogP contribution in [0, 0.1) is 5.92 Å². The van der Waals surface area contributed by atoms with Crippen molar-refractivity contribution in [3.05, 3.63) is 35.4 Å². The minimum atomic E-state index is -4.47. The largest absolute Gasteiger partial charge is 0.416 e. The molecule has 1 aromatic rings. The van der Waals surface area contributed by atoms with Gasteiger partial charge in [0.25, 0.3) is 5.91 Å². The lowest BCUT2D eigenvalue weighted by molar-refractivity contribution is -0.137. The number of hydrogen-bond acceptors (Lipinski definition) is 2. The van der Waals surface area contributed by atoms with Crippen LogP contribution in [0.25, 0.3) is 0 Å². The molecule has 0 saturated carbocycles. The van der Waals surface area contributed by atoms with E-state index in [1.807, 2.05) is 0 Å². The van der Waals surface area contributed by atoms with Gasteiger partial charge in [-0.3, -0.25) is 4.79 Å². The third-order valence-electron chi connectivity index (χ3n) is 3.79. The summed E-state index contributed by atoms with van der Waals surface area (Å²) >= 11 is 0. The second-order valence-corrected chi connectivity index (χ2v) is 5.52. The molecule has 0 unspecified atom stereocenters. The molecule has 1 saturated heterocycles. The number of halogens is 3. The molecule has 1 aliphatic rings. The van der Waals surface area contributed by atoms with Crippen molar-refractivity contribution >= 4 is 5.91 Å². The molecule has 1 N–H and O–H groups in total. The number of carbonyl (C=O) groups is 1. The molecule has 2 rings (SSSR count). The van der Waals surface area contributed by atoms with Gasteiger partial charge >= 0.3 is 6.18 Å². The Morgan fingerprint density at radius 2 is 2.10 bits per heavy atom. The first kappa shape index (κ1) is 14.8. The minimum Gasteiger partial charge on any atom is -0.388 e. The molecular formula is C14H16F3NO2. The first-order valence-corrected chi connectivity index (χ1v) is 6.30. The number of rotatable bonds is 1. The first-order chi connectivity index (χ1) is 9.11. The second kappa shape index (κ2) is 4.77. The number of benzene rings is 1. The average Bonchev–Trinajstić information content (AvgIpc) is 2.62. The predicted molar refractivity (Wildman–Crippen MR) is 67.1 cm³/mol. The van der Waals surface area contributed by atoms with E-state index in [0.29, 0.717) is 6.54 Å². The van der Waals surface area contributed by atoms with Gasteiger partial charge in [-0.25, -0.2) is 0 Å². The molecule has 0 radical (unpaired) electrons. The van der Waals surface area contributed by atoms with Gasteiger partial charge in [0.2, 0.25) is 0 Å². The maximum Gasteiger partial charge on any atom is 0.416 e. The van der Waals surface area contributed by atoms with Crippen molar-refractivity contribution in [1.82, 2.24) is 4.90 Å². The van der Waals surface area contributed by atoms with Crippen molar-refractivity contribution in [1.29, 1.82) is 0 Å². The number of alkyl halides is 3. The number of aliphatic hydroxyl groups is 1. The maximum atomic E-state index is 12.6. The Morgan fingerprint density at radius 3 is 2.60 bits per heavy atom. The Bertz CT molecular complexity index is 525. The molecule has 2 atom stereocenters.